The summed E-state index contributed by atoms with van der Waals surface area (Å²) < 4.78 is 0. The molecular formula is C28H46N8O11S. The highest BCUT2D eigenvalue weighted by Gasteiger charge is 2.38. The van der Waals surface area contributed by atoms with Crippen molar-refractivity contribution in [1.82, 2.24) is 26.2 Å². The van der Waals surface area contributed by atoms with E-state index in [4.69, 9.17) is 22.3 Å². The predicted molar refractivity (Wildman–Crippen MR) is 170 cm³/mol. The van der Waals surface area contributed by atoms with Crippen LogP contribution in [0.2, 0.25) is 0 Å². The van der Waals surface area contributed by atoms with Crippen molar-refractivity contribution in [3.8, 4) is 0 Å². The van der Waals surface area contributed by atoms with Crippen LogP contribution < -0.4 is 38.5 Å². The van der Waals surface area contributed by atoms with Crippen LogP contribution >= 0.6 is 12.6 Å². The molecule has 12 N–H and O–H groups in total. The fraction of sp³-hybridized carbons (Fsp3) is 0.679. The number of primary amides is 2. The number of carboxylic acids is 2. The summed E-state index contributed by atoms with van der Waals surface area (Å²) >= 11 is 4.10. The number of likely N-dealkylation sites (tertiary alicyclic amines) is 1. The number of hydrogen-bond donors (Lipinski definition) is 10. The highest BCUT2D eigenvalue weighted by atomic mass is 32.1. The van der Waals surface area contributed by atoms with Crippen LogP contribution in [-0.4, -0.2) is 117 Å². The van der Waals surface area contributed by atoms with Gasteiger partial charge in [-0.25, -0.2) is 4.79 Å². The molecule has 1 fully saturated rings. The minimum absolute atomic E-state index is 0.117. The van der Waals surface area contributed by atoms with E-state index in [2.05, 4.69) is 33.9 Å². The van der Waals surface area contributed by atoms with Gasteiger partial charge in [-0.15, -0.1) is 0 Å². The molecule has 0 aliphatic carbocycles. The van der Waals surface area contributed by atoms with E-state index >= 15 is 0 Å². The lowest BCUT2D eigenvalue weighted by Crippen LogP contribution is -2.60. The first kappa shape index (κ1) is 41.6. The fourth-order valence-corrected chi connectivity index (χ4v) is 5.11. The molecule has 0 aromatic heterocycles. The summed E-state index contributed by atoms with van der Waals surface area (Å²) in [6.07, 6.45) is -1.07. The van der Waals surface area contributed by atoms with E-state index in [0.29, 0.717) is 6.42 Å². The molecule has 0 saturated carbocycles. The topological polar surface area (TPSA) is 324 Å². The second-order valence-electron chi connectivity index (χ2n) is 11.8. The van der Waals surface area contributed by atoms with E-state index in [0.717, 1.165) is 0 Å². The van der Waals surface area contributed by atoms with Crippen molar-refractivity contribution in [1.29, 1.82) is 0 Å². The van der Waals surface area contributed by atoms with Gasteiger partial charge in [0.15, 0.2) is 0 Å². The van der Waals surface area contributed by atoms with Crippen LogP contribution in [0.15, 0.2) is 0 Å². The lowest BCUT2D eigenvalue weighted by Gasteiger charge is -2.29. The Hall–Kier alpha value is -4.46. The van der Waals surface area contributed by atoms with E-state index in [9.17, 15) is 48.3 Å². The minimum Gasteiger partial charge on any atom is -0.481 e. The van der Waals surface area contributed by atoms with Crippen molar-refractivity contribution < 1.29 is 53.4 Å². The lowest BCUT2D eigenvalue weighted by molar-refractivity contribution is -0.143. The second-order valence-corrected chi connectivity index (χ2v) is 12.2. The molecule has 0 unspecified atom stereocenters. The number of nitrogens with one attached hydrogen (secondary N) is 4. The third-order valence-corrected chi connectivity index (χ3v) is 7.68. The van der Waals surface area contributed by atoms with Gasteiger partial charge in [0.05, 0.1) is 12.5 Å². The Bertz CT molecular complexity index is 1230. The molecule has 1 heterocycles. The third kappa shape index (κ3) is 14.1. The Morgan fingerprint density at radius 2 is 1.35 bits per heavy atom. The smallest absolute Gasteiger partial charge is 0.326 e. The first-order valence-corrected chi connectivity index (χ1v) is 15.9. The summed E-state index contributed by atoms with van der Waals surface area (Å²) in [5, 5.41) is 27.7. The van der Waals surface area contributed by atoms with E-state index in [1.54, 1.807) is 13.8 Å². The van der Waals surface area contributed by atoms with Gasteiger partial charge in [-0.1, -0.05) is 13.8 Å². The molecule has 0 bridgehead atoms. The lowest BCUT2D eigenvalue weighted by atomic mass is 10.0. The summed E-state index contributed by atoms with van der Waals surface area (Å²) in [4.78, 5) is 112. The number of nitrogens with two attached hydrogens (primary N) is 3. The van der Waals surface area contributed by atoms with Crippen LogP contribution in [0.25, 0.3) is 0 Å². The van der Waals surface area contributed by atoms with Crippen LogP contribution in [-0.2, 0) is 43.2 Å². The maximum atomic E-state index is 13.4. The highest BCUT2D eigenvalue weighted by Crippen LogP contribution is 2.20. The summed E-state index contributed by atoms with van der Waals surface area (Å²) in [6, 6.07) is -7.93. The van der Waals surface area contributed by atoms with Gasteiger partial charge in [0.2, 0.25) is 41.4 Å². The van der Waals surface area contributed by atoms with Crippen LogP contribution in [0.5, 0.6) is 0 Å². The zero-order chi connectivity index (χ0) is 36.7. The quantitative estimate of drug-likeness (QED) is 0.0517. The van der Waals surface area contributed by atoms with Gasteiger partial charge in [-0.3, -0.25) is 38.4 Å². The average Bonchev–Trinajstić information content (AvgIpc) is 3.48. The standard InChI is InChI=1S/C28H46N8O11S/c1-13(2)10-16(34-26(44)19-4-3-9-36(19)27(45)14(29)5-8-22(39)40)23(41)35-18(12-48)25(43)33-17(11-21(31)38)24(42)32-15(28(46)47)6-7-20(30)37/h13-19,48H,3-12,29H2,1-2H3,(H2,30,37)(H2,31,38)(H,32,42)(H,33,43)(H,34,44)(H,35,41)(H,39,40)(H,46,47)/t14-,15-,16-,17-,18-,19-/m0/s1. The second kappa shape index (κ2) is 20.0. The third-order valence-electron chi connectivity index (χ3n) is 7.31. The molecule has 0 aromatic rings. The number of thiol groups is 1. The Morgan fingerprint density at radius 1 is 0.792 bits per heavy atom. The molecular weight excluding hydrogens is 656 g/mol. The van der Waals surface area contributed by atoms with Crippen molar-refractivity contribution in [3.05, 3.63) is 0 Å². The summed E-state index contributed by atoms with van der Waals surface area (Å²) in [6.45, 7) is 3.77. The van der Waals surface area contributed by atoms with Crippen molar-refractivity contribution in [3.63, 3.8) is 0 Å². The maximum absolute atomic E-state index is 13.4. The van der Waals surface area contributed by atoms with Crippen molar-refractivity contribution in [2.24, 2.45) is 23.1 Å². The molecule has 48 heavy (non-hydrogen) atoms. The van der Waals surface area contributed by atoms with Gasteiger partial charge in [0.25, 0.3) is 0 Å². The monoisotopic (exact) mass is 702 g/mol. The number of nitrogens with zero attached hydrogens (tertiary/aromatic N) is 1. The van der Waals surface area contributed by atoms with Crippen molar-refractivity contribution >= 4 is 65.9 Å². The van der Waals surface area contributed by atoms with E-state index in [-0.39, 0.29) is 56.7 Å². The van der Waals surface area contributed by atoms with E-state index in [1.807, 2.05) is 0 Å². The fourth-order valence-electron chi connectivity index (χ4n) is 4.85. The molecule has 0 spiro atoms. The number of carbonyl (C=O) groups is 9. The van der Waals surface area contributed by atoms with Gasteiger partial charge in [0, 0.05) is 25.1 Å². The van der Waals surface area contributed by atoms with Crippen LogP contribution in [0, 0.1) is 5.92 Å². The molecule has 0 aromatic carbocycles. The molecule has 270 valence electrons. The normalized spacial score (nSPS) is 17.3. The molecule has 1 saturated heterocycles. The molecule has 7 amide bonds. The van der Waals surface area contributed by atoms with Crippen molar-refractivity contribution in [2.45, 2.75) is 101 Å². The largest absolute Gasteiger partial charge is 0.481 e. The molecule has 6 atom stereocenters. The van der Waals surface area contributed by atoms with Crippen LogP contribution in [0.1, 0.15) is 65.2 Å². The van der Waals surface area contributed by atoms with Gasteiger partial charge < -0.3 is 53.6 Å². The molecule has 1 aliphatic rings. The van der Waals surface area contributed by atoms with E-state index < -0.39 is 96.0 Å². The Balaban J connectivity index is 3.05. The highest BCUT2D eigenvalue weighted by molar-refractivity contribution is 7.80. The average molecular weight is 703 g/mol. The number of carbonyl (C=O) groups excluding carboxylic acids is 7. The van der Waals surface area contributed by atoms with Gasteiger partial charge >= 0.3 is 11.9 Å². The Morgan fingerprint density at radius 3 is 1.88 bits per heavy atom. The SMILES string of the molecule is CC(C)C[C@H](NC(=O)[C@@H]1CCCN1C(=O)[C@@H](N)CCC(=O)O)C(=O)N[C@@H](CS)C(=O)N[C@@H](CC(N)=O)C(=O)N[C@@H](CCC(N)=O)C(=O)O. The molecule has 20 heteroatoms. The number of amides is 7. The number of rotatable bonds is 21. The molecule has 1 rings (SSSR count). The minimum atomic E-state index is -1.66. The zero-order valence-corrected chi connectivity index (χ0v) is 27.7. The molecule has 19 nitrogen and oxygen atoms in total. The maximum Gasteiger partial charge on any atom is 0.326 e. The van der Waals surface area contributed by atoms with Crippen molar-refractivity contribution in [2.75, 3.05) is 12.3 Å². The summed E-state index contributed by atoms with van der Waals surface area (Å²) in [7, 11) is 0. The van der Waals surface area contributed by atoms with Gasteiger partial charge in [0.1, 0.15) is 30.2 Å². The zero-order valence-electron chi connectivity index (χ0n) is 26.8. The summed E-state index contributed by atoms with van der Waals surface area (Å²) in [5.41, 5.74) is 16.1. The Kier molecular flexibility index (Phi) is 17.3. The summed E-state index contributed by atoms with van der Waals surface area (Å²) in [5.74, 6) is -9.03. The van der Waals surface area contributed by atoms with Gasteiger partial charge in [-0.05, 0) is 38.0 Å². The number of aliphatic carboxylic acids is 2. The number of hydrogen-bond acceptors (Lipinski definition) is 11. The van der Waals surface area contributed by atoms with Crippen LogP contribution in [0.4, 0.5) is 0 Å². The first-order chi connectivity index (χ1) is 22.4. The Labute approximate surface area is 282 Å². The number of carboxylic acid groups (broad SMARTS) is 2. The first-order valence-electron chi connectivity index (χ1n) is 15.3. The van der Waals surface area contributed by atoms with Crippen LogP contribution in [0.3, 0.4) is 0 Å². The molecule has 1 aliphatic heterocycles. The van der Waals surface area contributed by atoms with Gasteiger partial charge in [-0.2, -0.15) is 12.6 Å². The van der Waals surface area contributed by atoms with E-state index in [1.165, 1.54) is 4.90 Å². The molecule has 0 radical (unpaired) electrons. The predicted octanol–water partition coefficient (Wildman–Crippen LogP) is -3.69.